The van der Waals surface area contributed by atoms with Crippen LogP contribution in [0.25, 0.3) is 0 Å². The number of carbonyl (C=O) groups excluding carboxylic acids is 1. The standard InChI is InChI=1S/C11H12N4O2/c12-8-3-1-7(2-4-8)5-15-6-14-11(17)9(15)10(13)16/h1-4,6,17H,5,12H2,(H2,13,16). The molecule has 2 aromatic rings. The topological polar surface area (TPSA) is 107 Å². The molecule has 1 heterocycles. The summed E-state index contributed by atoms with van der Waals surface area (Å²) in [7, 11) is 0. The van der Waals surface area contributed by atoms with Gasteiger partial charge in [0.15, 0.2) is 5.69 Å². The number of aromatic nitrogens is 2. The van der Waals surface area contributed by atoms with E-state index in [-0.39, 0.29) is 11.6 Å². The fraction of sp³-hybridized carbons (Fsp3) is 0.0909. The van der Waals surface area contributed by atoms with Crippen molar-refractivity contribution in [3.05, 3.63) is 41.9 Å². The van der Waals surface area contributed by atoms with Crippen molar-refractivity contribution in [3.8, 4) is 5.88 Å². The molecule has 0 aliphatic carbocycles. The maximum Gasteiger partial charge on any atom is 0.271 e. The van der Waals surface area contributed by atoms with Crippen LogP contribution in [0, 0.1) is 0 Å². The molecule has 6 nitrogen and oxygen atoms in total. The number of carbonyl (C=O) groups is 1. The average molecular weight is 232 g/mol. The van der Waals surface area contributed by atoms with E-state index in [0.717, 1.165) is 5.56 Å². The lowest BCUT2D eigenvalue weighted by Crippen LogP contribution is -2.17. The van der Waals surface area contributed by atoms with Crippen molar-refractivity contribution in [1.29, 1.82) is 0 Å². The predicted octanol–water partition coefficient (Wildman–Crippen LogP) is 0.318. The molecular formula is C11H12N4O2. The van der Waals surface area contributed by atoms with Gasteiger partial charge in [-0.15, -0.1) is 0 Å². The molecule has 2 rings (SSSR count). The summed E-state index contributed by atoms with van der Waals surface area (Å²) in [6.45, 7) is 0.395. The van der Waals surface area contributed by atoms with E-state index < -0.39 is 5.91 Å². The Morgan fingerprint density at radius 1 is 1.35 bits per heavy atom. The molecular weight excluding hydrogens is 220 g/mol. The quantitative estimate of drug-likeness (QED) is 0.662. The molecule has 17 heavy (non-hydrogen) atoms. The summed E-state index contributed by atoms with van der Waals surface area (Å²) in [5.74, 6) is -1.07. The Morgan fingerprint density at radius 2 is 2.00 bits per heavy atom. The van der Waals surface area contributed by atoms with Crippen LogP contribution in [-0.4, -0.2) is 20.6 Å². The van der Waals surface area contributed by atoms with Gasteiger partial charge in [0, 0.05) is 12.2 Å². The van der Waals surface area contributed by atoms with Crippen LogP contribution in [0.15, 0.2) is 30.6 Å². The van der Waals surface area contributed by atoms with Crippen molar-refractivity contribution in [2.75, 3.05) is 5.73 Å². The molecule has 1 amide bonds. The first-order valence-corrected chi connectivity index (χ1v) is 4.96. The summed E-state index contributed by atoms with van der Waals surface area (Å²) in [5, 5.41) is 9.37. The number of nitrogens with two attached hydrogens (primary N) is 2. The van der Waals surface area contributed by atoms with Gasteiger partial charge in [0.25, 0.3) is 5.91 Å². The van der Waals surface area contributed by atoms with Gasteiger partial charge in [0.2, 0.25) is 5.88 Å². The van der Waals surface area contributed by atoms with Gasteiger partial charge in [-0.2, -0.15) is 0 Å². The highest BCUT2D eigenvalue weighted by molar-refractivity contribution is 5.93. The minimum atomic E-state index is -0.713. The molecule has 0 unspecified atom stereocenters. The number of anilines is 1. The summed E-state index contributed by atoms with van der Waals surface area (Å²) in [4.78, 5) is 14.8. The summed E-state index contributed by atoms with van der Waals surface area (Å²) in [5.41, 5.74) is 12.3. The third kappa shape index (κ3) is 2.20. The zero-order valence-electron chi connectivity index (χ0n) is 9.00. The molecule has 0 saturated heterocycles. The number of aromatic hydroxyl groups is 1. The van der Waals surface area contributed by atoms with Gasteiger partial charge in [-0.25, -0.2) is 4.98 Å². The minimum Gasteiger partial charge on any atom is -0.492 e. The van der Waals surface area contributed by atoms with E-state index in [1.54, 1.807) is 12.1 Å². The molecule has 0 aliphatic rings. The van der Waals surface area contributed by atoms with Gasteiger partial charge >= 0.3 is 0 Å². The highest BCUT2D eigenvalue weighted by Gasteiger charge is 2.15. The Morgan fingerprint density at radius 3 is 2.59 bits per heavy atom. The van der Waals surface area contributed by atoms with Gasteiger partial charge in [0.1, 0.15) is 0 Å². The zero-order valence-corrected chi connectivity index (χ0v) is 9.00. The molecule has 0 bridgehead atoms. The predicted molar refractivity (Wildman–Crippen MR) is 62.4 cm³/mol. The lowest BCUT2D eigenvalue weighted by Gasteiger charge is -2.06. The molecule has 0 spiro atoms. The van der Waals surface area contributed by atoms with Crippen molar-refractivity contribution in [2.45, 2.75) is 6.54 Å². The smallest absolute Gasteiger partial charge is 0.271 e. The van der Waals surface area contributed by atoms with Crippen molar-refractivity contribution < 1.29 is 9.90 Å². The molecule has 0 radical (unpaired) electrons. The van der Waals surface area contributed by atoms with Gasteiger partial charge < -0.3 is 21.1 Å². The average Bonchev–Trinajstić information content (AvgIpc) is 2.63. The normalized spacial score (nSPS) is 10.4. The molecule has 0 saturated carbocycles. The molecule has 6 heteroatoms. The monoisotopic (exact) mass is 232 g/mol. The van der Waals surface area contributed by atoms with E-state index in [0.29, 0.717) is 12.2 Å². The van der Waals surface area contributed by atoms with Gasteiger partial charge in [0.05, 0.1) is 6.33 Å². The van der Waals surface area contributed by atoms with Crippen LogP contribution in [0.2, 0.25) is 0 Å². The van der Waals surface area contributed by atoms with E-state index in [1.807, 2.05) is 12.1 Å². The lowest BCUT2D eigenvalue weighted by molar-refractivity contribution is 0.0989. The van der Waals surface area contributed by atoms with E-state index in [1.165, 1.54) is 10.9 Å². The van der Waals surface area contributed by atoms with Crippen LogP contribution < -0.4 is 11.5 Å². The highest BCUT2D eigenvalue weighted by atomic mass is 16.3. The first-order valence-electron chi connectivity index (χ1n) is 4.96. The second-order valence-electron chi connectivity index (χ2n) is 3.65. The number of imidazole rings is 1. The zero-order chi connectivity index (χ0) is 12.4. The first-order chi connectivity index (χ1) is 8.08. The number of hydrogen-bond donors (Lipinski definition) is 3. The summed E-state index contributed by atoms with van der Waals surface area (Å²) < 4.78 is 1.49. The maximum atomic E-state index is 11.1. The molecule has 1 aromatic heterocycles. The summed E-state index contributed by atoms with van der Waals surface area (Å²) in [6.07, 6.45) is 1.37. The number of nitrogen functional groups attached to an aromatic ring is 1. The number of hydrogen-bond acceptors (Lipinski definition) is 4. The van der Waals surface area contributed by atoms with Crippen LogP contribution in [-0.2, 0) is 6.54 Å². The highest BCUT2D eigenvalue weighted by Crippen LogP contribution is 2.16. The largest absolute Gasteiger partial charge is 0.492 e. The van der Waals surface area contributed by atoms with Crippen molar-refractivity contribution in [3.63, 3.8) is 0 Å². The number of rotatable bonds is 3. The summed E-state index contributed by atoms with van der Waals surface area (Å²) in [6, 6.07) is 7.18. The second kappa shape index (κ2) is 4.17. The number of amides is 1. The van der Waals surface area contributed by atoms with E-state index in [2.05, 4.69) is 4.98 Å². The fourth-order valence-corrected chi connectivity index (χ4v) is 1.56. The van der Waals surface area contributed by atoms with E-state index in [9.17, 15) is 9.90 Å². The number of nitrogens with zero attached hydrogens (tertiary/aromatic N) is 2. The Bertz CT molecular complexity index is 545. The van der Waals surface area contributed by atoms with Crippen molar-refractivity contribution in [2.24, 2.45) is 5.73 Å². The van der Waals surface area contributed by atoms with Crippen LogP contribution in [0.4, 0.5) is 5.69 Å². The molecule has 1 aromatic carbocycles. The van der Waals surface area contributed by atoms with Gasteiger partial charge in [-0.3, -0.25) is 4.79 Å². The Labute approximate surface area is 97.5 Å². The molecule has 88 valence electrons. The lowest BCUT2D eigenvalue weighted by atomic mass is 10.2. The minimum absolute atomic E-state index is 0.00169. The maximum absolute atomic E-state index is 11.1. The molecule has 0 fully saturated rings. The van der Waals surface area contributed by atoms with E-state index >= 15 is 0 Å². The van der Waals surface area contributed by atoms with E-state index in [4.69, 9.17) is 11.5 Å². The Hall–Kier alpha value is -2.50. The third-order valence-corrected chi connectivity index (χ3v) is 2.38. The van der Waals surface area contributed by atoms with Crippen LogP contribution in [0.5, 0.6) is 5.88 Å². The molecule has 5 N–H and O–H groups in total. The van der Waals surface area contributed by atoms with Crippen molar-refractivity contribution in [1.82, 2.24) is 9.55 Å². The van der Waals surface area contributed by atoms with Crippen LogP contribution >= 0.6 is 0 Å². The Kier molecular flexibility index (Phi) is 2.70. The third-order valence-electron chi connectivity index (χ3n) is 2.38. The van der Waals surface area contributed by atoms with Gasteiger partial charge in [-0.1, -0.05) is 12.1 Å². The van der Waals surface area contributed by atoms with Gasteiger partial charge in [-0.05, 0) is 17.7 Å². The SMILES string of the molecule is NC(=O)c1c(O)ncn1Cc1ccc(N)cc1. The summed E-state index contributed by atoms with van der Waals surface area (Å²) >= 11 is 0. The van der Waals surface area contributed by atoms with Crippen molar-refractivity contribution >= 4 is 11.6 Å². The van der Waals surface area contributed by atoms with Crippen LogP contribution in [0.1, 0.15) is 16.1 Å². The van der Waals surface area contributed by atoms with Crippen LogP contribution in [0.3, 0.4) is 0 Å². The molecule has 0 atom stereocenters. The first kappa shape index (κ1) is 11.0. The number of primary amides is 1. The second-order valence-corrected chi connectivity index (χ2v) is 3.65. The molecule has 0 aliphatic heterocycles. The number of benzene rings is 1. The fourth-order valence-electron chi connectivity index (χ4n) is 1.56. The Balaban J connectivity index is 2.30.